The summed E-state index contributed by atoms with van der Waals surface area (Å²) in [7, 11) is 0. The fourth-order valence-electron chi connectivity index (χ4n) is 1.74. The lowest BCUT2D eigenvalue weighted by Crippen LogP contribution is -2.11. The van der Waals surface area contributed by atoms with E-state index in [1.54, 1.807) is 6.92 Å². The van der Waals surface area contributed by atoms with Gasteiger partial charge < -0.3 is 0 Å². The molecule has 0 saturated carbocycles. The number of alkyl halides is 3. The highest BCUT2D eigenvalue weighted by molar-refractivity contribution is 6.09. The predicted molar refractivity (Wildman–Crippen MR) is 63.8 cm³/mol. The summed E-state index contributed by atoms with van der Waals surface area (Å²) in [6, 6.07) is 5.05. The second-order valence-electron chi connectivity index (χ2n) is 4.21. The lowest BCUT2D eigenvalue weighted by atomic mass is 10.0. The fourth-order valence-corrected chi connectivity index (χ4v) is 1.74. The summed E-state index contributed by atoms with van der Waals surface area (Å²) in [5.41, 5.74) is -0.898. The molecule has 0 atom stereocenters. The van der Waals surface area contributed by atoms with E-state index >= 15 is 0 Å². The molecule has 0 fully saturated rings. The SMILES string of the molecule is Cc1cc(C(=O)c2ccc(F)c(C(F)(F)F)c2)ccn1. The average Bonchev–Trinajstić information content (AvgIpc) is 2.37. The van der Waals surface area contributed by atoms with Crippen molar-refractivity contribution >= 4 is 5.78 Å². The maximum atomic E-state index is 13.2. The van der Waals surface area contributed by atoms with Crippen LogP contribution >= 0.6 is 0 Å². The number of aromatic nitrogens is 1. The molecule has 2 aromatic rings. The van der Waals surface area contributed by atoms with Crippen molar-refractivity contribution in [3.63, 3.8) is 0 Å². The third kappa shape index (κ3) is 2.84. The van der Waals surface area contributed by atoms with E-state index in [0.717, 1.165) is 6.07 Å². The van der Waals surface area contributed by atoms with Crippen LogP contribution in [-0.2, 0) is 6.18 Å². The van der Waals surface area contributed by atoms with Crippen LogP contribution in [0.15, 0.2) is 36.5 Å². The second kappa shape index (κ2) is 5.03. The number of carbonyl (C=O) groups excluding carboxylic acids is 1. The van der Waals surface area contributed by atoms with E-state index < -0.39 is 23.3 Å². The molecule has 0 bridgehead atoms. The summed E-state index contributed by atoms with van der Waals surface area (Å²) >= 11 is 0. The van der Waals surface area contributed by atoms with E-state index in [1.165, 1.54) is 18.3 Å². The van der Waals surface area contributed by atoms with Crippen molar-refractivity contribution < 1.29 is 22.4 Å². The van der Waals surface area contributed by atoms with Gasteiger partial charge in [0.2, 0.25) is 0 Å². The Bertz CT molecular complexity index is 664. The van der Waals surface area contributed by atoms with Gasteiger partial charge in [0.05, 0.1) is 5.56 Å². The molecule has 0 amide bonds. The van der Waals surface area contributed by atoms with Gasteiger partial charge in [0.15, 0.2) is 5.78 Å². The molecule has 1 aromatic heterocycles. The quantitative estimate of drug-likeness (QED) is 0.620. The van der Waals surface area contributed by atoms with Gasteiger partial charge in [-0.05, 0) is 37.3 Å². The van der Waals surface area contributed by atoms with Crippen LogP contribution in [-0.4, -0.2) is 10.8 Å². The molecule has 104 valence electrons. The van der Waals surface area contributed by atoms with E-state index in [9.17, 15) is 22.4 Å². The summed E-state index contributed by atoms with van der Waals surface area (Å²) in [6.45, 7) is 1.66. The zero-order valence-electron chi connectivity index (χ0n) is 10.3. The normalized spacial score (nSPS) is 11.4. The highest BCUT2D eigenvalue weighted by Gasteiger charge is 2.34. The molecule has 6 heteroatoms. The molecular formula is C14H9F4NO. The van der Waals surface area contributed by atoms with Gasteiger partial charge >= 0.3 is 6.18 Å². The Labute approximate surface area is 112 Å². The molecule has 0 aliphatic heterocycles. The minimum absolute atomic E-state index is 0.206. The Balaban J connectivity index is 2.46. The third-order valence-corrected chi connectivity index (χ3v) is 2.69. The van der Waals surface area contributed by atoms with Crippen LogP contribution in [0.5, 0.6) is 0 Å². The van der Waals surface area contributed by atoms with Crippen LogP contribution in [0.4, 0.5) is 17.6 Å². The molecule has 0 radical (unpaired) electrons. The van der Waals surface area contributed by atoms with Crippen molar-refractivity contribution in [2.75, 3.05) is 0 Å². The molecule has 0 unspecified atom stereocenters. The fraction of sp³-hybridized carbons (Fsp3) is 0.143. The number of carbonyl (C=O) groups is 1. The lowest BCUT2D eigenvalue weighted by Gasteiger charge is -2.09. The molecule has 0 N–H and O–H groups in total. The summed E-state index contributed by atoms with van der Waals surface area (Å²) in [5, 5.41) is 0. The molecule has 2 rings (SSSR count). The van der Waals surface area contributed by atoms with Crippen LogP contribution in [0.1, 0.15) is 27.2 Å². The molecule has 0 spiro atoms. The Kier molecular flexibility index (Phi) is 3.57. The molecule has 2 nitrogen and oxygen atoms in total. The first kappa shape index (κ1) is 14.2. The average molecular weight is 283 g/mol. The number of pyridine rings is 1. The number of ketones is 1. The first-order valence-electron chi connectivity index (χ1n) is 5.63. The van der Waals surface area contributed by atoms with Crippen LogP contribution in [0.3, 0.4) is 0 Å². The smallest absolute Gasteiger partial charge is 0.289 e. The van der Waals surface area contributed by atoms with Crippen molar-refractivity contribution in [2.24, 2.45) is 0 Å². The van der Waals surface area contributed by atoms with Crippen molar-refractivity contribution in [3.05, 3.63) is 64.7 Å². The first-order valence-corrected chi connectivity index (χ1v) is 5.63. The number of hydrogen-bond acceptors (Lipinski definition) is 2. The van der Waals surface area contributed by atoms with Gasteiger partial charge in [-0.15, -0.1) is 0 Å². The van der Waals surface area contributed by atoms with Gasteiger partial charge in [-0.2, -0.15) is 13.2 Å². The minimum atomic E-state index is -4.84. The Morgan fingerprint density at radius 1 is 1.10 bits per heavy atom. The summed E-state index contributed by atoms with van der Waals surface area (Å²) < 4.78 is 50.9. The lowest BCUT2D eigenvalue weighted by molar-refractivity contribution is -0.140. The number of halogens is 4. The molecule has 20 heavy (non-hydrogen) atoms. The van der Waals surface area contributed by atoms with Crippen molar-refractivity contribution in [3.8, 4) is 0 Å². The number of benzene rings is 1. The third-order valence-electron chi connectivity index (χ3n) is 2.69. The van der Waals surface area contributed by atoms with Crippen LogP contribution in [0.2, 0.25) is 0 Å². The summed E-state index contributed by atoms with van der Waals surface area (Å²) in [4.78, 5) is 16.0. The minimum Gasteiger partial charge on any atom is -0.289 e. The van der Waals surface area contributed by atoms with E-state index in [2.05, 4.69) is 4.98 Å². The van der Waals surface area contributed by atoms with Crippen molar-refractivity contribution in [2.45, 2.75) is 13.1 Å². The van der Waals surface area contributed by atoms with E-state index in [1.807, 2.05) is 0 Å². The monoisotopic (exact) mass is 283 g/mol. The molecule has 1 heterocycles. The topological polar surface area (TPSA) is 30.0 Å². The van der Waals surface area contributed by atoms with Gasteiger partial charge in [0.25, 0.3) is 0 Å². The van der Waals surface area contributed by atoms with Crippen LogP contribution in [0.25, 0.3) is 0 Å². The standard InChI is InChI=1S/C14H9F4NO/c1-8-6-10(4-5-19-8)13(20)9-2-3-12(15)11(7-9)14(16,17)18/h2-7H,1H3. The number of rotatable bonds is 2. The summed E-state index contributed by atoms with van der Waals surface area (Å²) in [6.07, 6.45) is -3.45. The molecule has 0 saturated heterocycles. The van der Waals surface area contributed by atoms with Crippen LogP contribution < -0.4 is 0 Å². The Morgan fingerprint density at radius 2 is 1.75 bits per heavy atom. The number of hydrogen-bond donors (Lipinski definition) is 0. The molecule has 0 aliphatic carbocycles. The maximum Gasteiger partial charge on any atom is 0.419 e. The highest BCUT2D eigenvalue weighted by Crippen LogP contribution is 2.32. The summed E-state index contributed by atoms with van der Waals surface area (Å²) in [5.74, 6) is -2.01. The van der Waals surface area contributed by atoms with E-state index in [-0.39, 0.29) is 11.1 Å². The van der Waals surface area contributed by atoms with E-state index in [4.69, 9.17) is 0 Å². The van der Waals surface area contributed by atoms with Gasteiger partial charge in [-0.1, -0.05) is 0 Å². The van der Waals surface area contributed by atoms with Gasteiger partial charge in [0, 0.05) is 23.0 Å². The Hall–Kier alpha value is -2.24. The maximum absolute atomic E-state index is 13.2. The van der Waals surface area contributed by atoms with E-state index in [0.29, 0.717) is 17.8 Å². The van der Waals surface area contributed by atoms with Gasteiger partial charge in [-0.25, -0.2) is 4.39 Å². The number of nitrogens with zero attached hydrogens (tertiary/aromatic N) is 1. The largest absolute Gasteiger partial charge is 0.419 e. The molecule has 1 aromatic carbocycles. The molecular weight excluding hydrogens is 274 g/mol. The first-order chi connectivity index (χ1) is 9.29. The molecule has 0 aliphatic rings. The predicted octanol–water partition coefficient (Wildman–Crippen LogP) is 3.78. The zero-order valence-corrected chi connectivity index (χ0v) is 10.3. The van der Waals surface area contributed by atoms with Crippen molar-refractivity contribution in [1.82, 2.24) is 4.98 Å². The van der Waals surface area contributed by atoms with Gasteiger partial charge in [0.1, 0.15) is 5.82 Å². The second-order valence-corrected chi connectivity index (χ2v) is 4.21. The Morgan fingerprint density at radius 3 is 2.35 bits per heavy atom. The van der Waals surface area contributed by atoms with Gasteiger partial charge in [-0.3, -0.25) is 9.78 Å². The zero-order chi connectivity index (χ0) is 14.9. The highest BCUT2D eigenvalue weighted by atomic mass is 19.4. The van der Waals surface area contributed by atoms with Crippen molar-refractivity contribution in [1.29, 1.82) is 0 Å². The van der Waals surface area contributed by atoms with Crippen LogP contribution in [0, 0.1) is 12.7 Å². The number of aryl methyl sites for hydroxylation is 1.